The van der Waals surface area contributed by atoms with Crippen molar-refractivity contribution < 1.29 is 0 Å². The smallest absolute Gasteiger partial charge is 0.258 e. The summed E-state index contributed by atoms with van der Waals surface area (Å²) < 4.78 is -0.568. The fourth-order valence-electron chi connectivity index (χ4n) is 2.80. The van der Waals surface area contributed by atoms with E-state index in [0.29, 0.717) is 23.2 Å². The van der Waals surface area contributed by atoms with E-state index in [4.69, 9.17) is 11.6 Å². The number of benzene rings is 1. The summed E-state index contributed by atoms with van der Waals surface area (Å²) in [5.41, 5.74) is 1.52. The molecule has 5 heteroatoms. The molecule has 2 unspecified atom stereocenters. The van der Waals surface area contributed by atoms with E-state index < -0.39 is 4.65 Å². The Hall–Kier alpha value is -1.62. The second kappa shape index (κ2) is 4.74. The molecular formula is C15H16ClN3O. The van der Waals surface area contributed by atoms with Crippen LogP contribution in [0, 0.1) is 5.21 Å². The lowest BCUT2D eigenvalue weighted by Crippen LogP contribution is -2.55. The number of hydrogen-bond donors (Lipinski definition) is 0. The van der Waals surface area contributed by atoms with E-state index in [1.807, 2.05) is 50.4 Å². The molecule has 104 valence electrons. The number of quaternary nitrogens is 1. The Morgan fingerprint density at radius 1 is 1.25 bits per heavy atom. The molecule has 3 rings (SSSR count). The lowest BCUT2D eigenvalue weighted by atomic mass is 10.1. The topological polar surface area (TPSA) is 39.2 Å². The molecule has 2 atom stereocenters. The minimum absolute atomic E-state index is 0.152. The molecule has 2 aromatic rings. The standard InChI is InChI=1S/C15H16ClN3O/c1-11-10-18(2)13-8-9-14(16)17-15(13)19(11,20)12-6-4-3-5-7-12/h3-9,11H,10H2,1-2H3. The van der Waals surface area contributed by atoms with Gasteiger partial charge in [0.15, 0.2) is 0 Å². The van der Waals surface area contributed by atoms with E-state index >= 15 is 0 Å². The predicted octanol–water partition coefficient (Wildman–Crippen LogP) is 3.71. The summed E-state index contributed by atoms with van der Waals surface area (Å²) in [5.74, 6) is 0.463. The van der Waals surface area contributed by atoms with Crippen molar-refractivity contribution in [1.29, 1.82) is 0 Å². The molecule has 0 amide bonds. The van der Waals surface area contributed by atoms with E-state index in [0.717, 1.165) is 5.69 Å². The van der Waals surface area contributed by atoms with Gasteiger partial charge in [-0.1, -0.05) is 29.8 Å². The minimum Gasteiger partial charge on any atom is -0.620 e. The molecule has 0 fully saturated rings. The summed E-state index contributed by atoms with van der Waals surface area (Å²) in [5, 5.41) is 13.9. The van der Waals surface area contributed by atoms with Gasteiger partial charge in [-0.05, 0) is 31.2 Å². The van der Waals surface area contributed by atoms with Crippen molar-refractivity contribution in [3.05, 3.63) is 52.8 Å². The Morgan fingerprint density at radius 2 is 1.95 bits per heavy atom. The molecule has 1 aromatic heterocycles. The Kier molecular flexibility index (Phi) is 3.17. The molecule has 1 aliphatic heterocycles. The second-order valence-corrected chi connectivity index (χ2v) is 5.59. The Morgan fingerprint density at radius 3 is 2.65 bits per heavy atom. The number of hydrogen-bond acceptors (Lipinski definition) is 3. The number of aromatic nitrogens is 1. The number of pyridine rings is 1. The van der Waals surface area contributed by atoms with E-state index in [1.165, 1.54) is 0 Å². The van der Waals surface area contributed by atoms with Gasteiger partial charge in [-0.2, -0.15) is 4.98 Å². The maximum absolute atomic E-state index is 13.6. The highest BCUT2D eigenvalue weighted by atomic mass is 35.5. The molecule has 0 saturated heterocycles. The summed E-state index contributed by atoms with van der Waals surface area (Å²) in [4.78, 5) is 6.38. The van der Waals surface area contributed by atoms with Crippen LogP contribution in [-0.4, -0.2) is 24.6 Å². The van der Waals surface area contributed by atoms with Gasteiger partial charge in [-0.25, -0.2) is 0 Å². The lowest BCUT2D eigenvalue weighted by Gasteiger charge is -2.50. The highest BCUT2D eigenvalue weighted by Gasteiger charge is 2.40. The molecule has 1 aromatic carbocycles. The molecule has 1 aliphatic rings. The number of likely N-dealkylation sites (N-methyl/N-ethyl adjacent to an activating group) is 1. The molecule has 4 nitrogen and oxygen atoms in total. The number of halogens is 1. The van der Waals surface area contributed by atoms with Crippen LogP contribution in [0.2, 0.25) is 5.15 Å². The van der Waals surface area contributed by atoms with Crippen LogP contribution < -0.4 is 9.55 Å². The molecule has 20 heavy (non-hydrogen) atoms. The van der Waals surface area contributed by atoms with Gasteiger partial charge in [0.1, 0.15) is 22.6 Å². The highest BCUT2D eigenvalue weighted by molar-refractivity contribution is 6.29. The lowest BCUT2D eigenvalue weighted by molar-refractivity contribution is 0.373. The van der Waals surface area contributed by atoms with Crippen LogP contribution in [0.5, 0.6) is 0 Å². The van der Waals surface area contributed by atoms with Crippen molar-refractivity contribution in [2.45, 2.75) is 13.0 Å². The molecule has 0 spiro atoms. The quantitative estimate of drug-likeness (QED) is 0.456. The third-order valence-corrected chi connectivity index (χ3v) is 4.06. The fourth-order valence-corrected chi connectivity index (χ4v) is 2.95. The third kappa shape index (κ3) is 1.88. The van der Waals surface area contributed by atoms with Crippen LogP contribution in [0.3, 0.4) is 0 Å². The van der Waals surface area contributed by atoms with Gasteiger partial charge in [0, 0.05) is 7.05 Å². The molecule has 0 bridgehead atoms. The number of hydroxylamine groups is 1. The maximum atomic E-state index is 13.6. The Bertz CT molecular complexity index is 634. The van der Waals surface area contributed by atoms with Crippen LogP contribution in [0.15, 0.2) is 42.5 Å². The summed E-state index contributed by atoms with van der Waals surface area (Å²) in [6.07, 6.45) is 0. The summed E-state index contributed by atoms with van der Waals surface area (Å²) >= 11 is 6.01. The van der Waals surface area contributed by atoms with Crippen molar-refractivity contribution >= 4 is 28.8 Å². The number of rotatable bonds is 1. The summed E-state index contributed by atoms with van der Waals surface area (Å²) in [7, 11) is 1.97. The zero-order valence-corrected chi connectivity index (χ0v) is 12.2. The first kappa shape index (κ1) is 13.4. The minimum atomic E-state index is -0.568. The Balaban J connectivity index is 2.26. The largest absolute Gasteiger partial charge is 0.620 e. The molecule has 0 radical (unpaired) electrons. The zero-order valence-electron chi connectivity index (χ0n) is 11.5. The summed E-state index contributed by atoms with van der Waals surface area (Å²) in [6, 6.07) is 12.8. The van der Waals surface area contributed by atoms with E-state index in [-0.39, 0.29) is 6.04 Å². The van der Waals surface area contributed by atoms with Crippen LogP contribution in [0.1, 0.15) is 6.92 Å². The molecule has 0 saturated carbocycles. The van der Waals surface area contributed by atoms with E-state index in [2.05, 4.69) is 9.88 Å². The predicted molar refractivity (Wildman–Crippen MR) is 83.2 cm³/mol. The van der Waals surface area contributed by atoms with Gasteiger partial charge in [0.05, 0.1) is 6.54 Å². The number of para-hydroxylation sites is 1. The first-order valence-electron chi connectivity index (χ1n) is 6.57. The van der Waals surface area contributed by atoms with Crippen LogP contribution >= 0.6 is 11.6 Å². The SMILES string of the molecule is CC1CN(C)c2ccc(Cl)nc2[N+]1([O-])c1ccccc1. The fraction of sp³-hybridized carbons (Fsp3) is 0.267. The molecular weight excluding hydrogens is 274 g/mol. The first-order valence-corrected chi connectivity index (χ1v) is 6.95. The van der Waals surface area contributed by atoms with Gasteiger partial charge in [-0.15, -0.1) is 0 Å². The van der Waals surface area contributed by atoms with Gasteiger partial charge >= 0.3 is 0 Å². The monoisotopic (exact) mass is 289 g/mol. The van der Waals surface area contributed by atoms with Crippen molar-refractivity contribution in [3.63, 3.8) is 0 Å². The molecule has 2 heterocycles. The van der Waals surface area contributed by atoms with Crippen molar-refractivity contribution in [2.75, 3.05) is 18.5 Å². The van der Waals surface area contributed by atoms with Crippen molar-refractivity contribution in [3.8, 4) is 0 Å². The second-order valence-electron chi connectivity index (χ2n) is 5.20. The van der Waals surface area contributed by atoms with Crippen LogP contribution in [0.4, 0.5) is 17.2 Å². The average Bonchev–Trinajstić information content (AvgIpc) is 2.45. The number of nitrogens with zero attached hydrogens (tertiary/aromatic N) is 3. The van der Waals surface area contributed by atoms with Gasteiger partial charge in [0.2, 0.25) is 0 Å². The zero-order chi connectivity index (χ0) is 14.3. The van der Waals surface area contributed by atoms with Gasteiger partial charge in [0.25, 0.3) is 5.82 Å². The Labute approximate surface area is 123 Å². The van der Waals surface area contributed by atoms with Crippen LogP contribution in [-0.2, 0) is 0 Å². The molecule has 0 aliphatic carbocycles. The van der Waals surface area contributed by atoms with Crippen molar-refractivity contribution in [2.24, 2.45) is 0 Å². The average molecular weight is 290 g/mol. The van der Waals surface area contributed by atoms with Crippen LogP contribution in [0.25, 0.3) is 0 Å². The van der Waals surface area contributed by atoms with Crippen molar-refractivity contribution in [1.82, 2.24) is 9.63 Å². The van der Waals surface area contributed by atoms with E-state index in [9.17, 15) is 5.21 Å². The normalized spacial score (nSPS) is 25.4. The van der Waals surface area contributed by atoms with E-state index in [1.54, 1.807) is 6.07 Å². The highest BCUT2D eigenvalue weighted by Crippen LogP contribution is 2.44. The first-order chi connectivity index (χ1) is 9.53. The number of fused-ring (bicyclic) bond motifs is 1. The van der Waals surface area contributed by atoms with Gasteiger partial charge in [-0.3, -0.25) is 4.65 Å². The van der Waals surface area contributed by atoms with Gasteiger partial charge < -0.3 is 10.1 Å². The summed E-state index contributed by atoms with van der Waals surface area (Å²) in [6.45, 7) is 2.62. The third-order valence-electron chi connectivity index (χ3n) is 3.85. The number of anilines is 1. The molecule has 0 N–H and O–H groups in total. The maximum Gasteiger partial charge on any atom is 0.258 e.